The van der Waals surface area contributed by atoms with Crippen molar-refractivity contribution in [3.05, 3.63) is 176 Å². The van der Waals surface area contributed by atoms with Crippen LogP contribution in [0, 0.1) is 0 Å². The van der Waals surface area contributed by atoms with Crippen molar-refractivity contribution < 1.29 is 0 Å². The summed E-state index contributed by atoms with van der Waals surface area (Å²) in [4.78, 5) is 15.1. The molecule has 0 bridgehead atoms. The van der Waals surface area contributed by atoms with Gasteiger partial charge in [0.2, 0.25) is 5.95 Å². The summed E-state index contributed by atoms with van der Waals surface area (Å²) >= 11 is 0. The molecule has 6 aromatic carbocycles. The first-order chi connectivity index (χ1) is 25.2. The predicted octanol–water partition coefficient (Wildman–Crippen LogP) is 11.6. The second-order valence-corrected chi connectivity index (χ2v) is 12.5. The molecule has 0 fully saturated rings. The van der Waals surface area contributed by atoms with E-state index in [1.165, 1.54) is 21.8 Å². The van der Waals surface area contributed by atoms with Crippen LogP contribution < -0.4 is 0 Å². The summed E-state index contributed by atoms with van der Waals surface area (Å²) in [5, 5.41) is 3.52. The smallest absolute Gasteiger partial charge is 0.238 e. The topological polar surface area (TPSA) is 48.5 Å². The molecule has 5 nitrogen and oxygen atoms in total. The highest BCUT2D eigenvalue weighted by atomic mass is 15.2. The van der Waals surface area contributed by atoms with E-state index in [-0.39, 0.29) is 0 Å². The number of hydrogen-bond acceptors (Lipinski definition) is 3. The van der Waals surface area contributed by atoms with Gasteiger partial charge in [-0.1, -0.05) is 128 Å². The molecule has 3 aromatic heterocycles. The van der Waals surface area contributed by atoms with Gasteiger partial charge < -0.3 is 4.57 Å². The largest absolute Gasteiger partial charge is 0.309 e. The zero-order valence-electron chi connectivity index (χ0n) is 28.1. The highest BCUT2D eigenvalue weighted by Crippen LogP contribution is 2.38. The maximum atomic E-state index is 5.08. The Morgan fingerprint density at radius 1 is 0.490 bits per heavy atom. The highest BCUT2D eigenvalue weighted by Gasteiger charge is 2.21. The van der Waals surface area contributed by atoms with Crippen molar-refractivity contribution in [3.8, 4) is 45.5 Å². The number of nitrogens with zero attached hydrogens (tertiary/aromatic N) is 5. The van der Waals surface area contributed by atoms with Crippen LogP contribution in [0.5, 0.6) is 0 Å². The van der Waals surface area contributed by atoms with Crippen LogP contribution in [0.3, 0.4) is 0 Å². The lowest BCUT2D eigenvalue weighted by Crippen LogP contribution is -2.07. The molecule has 9 rings (SSSR count). The van der Waals surface area contributed by atoms with E-state index in [1.54, 1.807) is 0 Å². The predicted molar refractivity (Wildman–Crippen MR) is 212 cm³/mol. The Kier molecular flexibility index (Phi) is 7.44. The molecule has 3 heterocycles. The molecule has 0 atom stereocenters. The molecular formula is C46H33N5. The summed E-state index contributed by atoms with van der Waals surface area (Å²) in [6, 6.07) is 52.8. The Morgan fingerprint density at radius 3 is 1.63 bits per heavy atom. The number of para-hydroxylation sites is 2. The number of hydrogen-bond donors (Lipinski definition) is 0. The third-order valence-corrected chi connectivity index (χ3v) is 9.48. The minimum atomic E-state index is 0.553. The van der Waals surface area contributed by atoms with Gasteiger partial charge >= 0.3 is 0 Å². The Labute approximate surface area is 296 Å². The molecule has 0 unspecified atom stereocenters. The zero-order valence-corrected chi connectivity index (χ0v) is 28.1. The van der Waals surface area contributed by atoms with Gasteiger partial charge in [0, 0.05) is 38.5 Å². The maximum absolute atomic E-state index is 5.08. The van der Waals surface area contributed by atoms with Gasteiger partial charge in [0.25, 0.3) is 0 Å². The minimum Gasteiger partial charge on any atom is -0.309 e. The molecule has 5 heteroatoms. The van der Waals surface area contributed by atoms with E-state index in [9.17, 15) is 0 Å². The quantitative estimate of drug-likeness (QED) is 0.172. The molecule has 9 aromatic rings. The summed E-state index contributed by atoms with van der Waals surface area (Å²) < 4.78 is 4.48. The van der Waals surface area contributed by atoms with E-state index in [1.807, 2.05) is 79.7 Å². The fourth-order valence-corrected chi connectivity index (χ4v) is 7.17. The fraction of sp³-hybridized carbons (Fsp3) is 0.0217. The van der Waals surface area contributed by atoms with Gasteiger partial charge in [0.1, 0.15) is 0 Å². The number of aromatic nitrogens is 5. The molecule has 0 aliphatic heterocycles. The standard InChI is InChI=1S/C46H33N5/c1-3-16-40-36(4-2)38-29-33(34-25-27-42-39(30-34)37-23-14-15-24-41(37)50(42)35-21-12-7-13-22-35)26-28-43(38)51(40)46-48-44(31-17-8-5-9-18-31)47-45(49-46)32-19-10-6-11-20-32/h3-30H,2H2,1H3/b16-3-. The van der Waals surface area contributed by atoms with Gasteiger partial charge in [0.05, 0.1) is 22.2 Å². The molecule has 0 saturated heterocycles. The van der Waals surface area contributed by atoms with Crippen molar-refractivity contribution in [2.24, 2.45) is 0 Å². The molecule has 0 aliphatic rings. The van der Waals surface area contributed by atoms with Gasteiger partial charge in [-0.25, -0.2) is 4.98 Å². The van der Waals surface area contributed by atoms with Crippen LogP contribution in [0.15, 0.2) is 164 Å². The molecule has 0 amide bonds. The fourth-order valence-electron chi connectivity index (χ4n) is 7.17. The Bertz CT molecular complexity index is 2700. The van der Waals surface area contributed by atoms with Crippen LogP contribution in [0.1, 0.15) is 18.2 Å². The summed E-state index contributed by atoms with van der Waals surface area (Å²) in [7, 11) is 0. The van der Waals surface area contributed by atoms with Crippen molar-refractivity contribution in [1.29, 1.82) is 0 Å². The molecule has 0 saturated carbocycles. The van der Waals surface area contributed by atoms with E-state index in [0.29, 0.717) is 17.6 Å². The Morgan fingerprint density at radius 2 is 1.02 bits per heavy atom. The molecule has 0 spiro atoms. The average Bonchev–Trinajstić information content (AvgIpc) is 3.70. The molecule has 242 valence electrons. The first-order valence-corrected chi connectivity index (χ1v) is 17.1. The maximum Gasteiger partial charge on any atom is 0.238 e. The minimum absolute atomic E-state index is 0.553. The van der Waals surface area contributed by atoms with E-state index in [2.05, 4.69) is 113 Å². The van der Waals surface area contributed by atoms with Crippen molar-refractivity contribution in [1.82, 2.24) is 24.1 Å². The normalized spacial score (nSPS) is 11.6. The van der Waals surface area contributed by atoms with Crippen LogP contribution in [0.4, 0.5) is 0 Å². The monoisotopic (exact) mass is 655 g/mol. The second kappa shape index (κ2) is 12.6. The second-order valence-electron chi connectivity index (χ2n) is 12.5. The molecule has 0 radical (unpaired) electrons. The van der Waals surface area contributed by atoms with Gasteiger partial charge in [-0.05, 0) is 66.6 Å². The summed E-state index contributed by atoms with van der Waals surface area (Å²) in [6.07, 6.45) is 6.09. The lowest BCUT2D eigenvalue weighted by Gasteiger charge is -2.12. The van der Waals surface area contributed by atoms with Crippen LogP contribution in [-0.2, 0) is 0 Å². The third-order valence-electron chi connectivity index (χ3n) is 9.48. The molecule has 0 N–H and O–H groups in total. The van der Waals surface area contributed by atoms with Crippen molar-refractivity contribution in [2.45, 2.75) is 6.92 Å². The van der Waals surface area contributed by atoms with Crippen LogP contribution in [-0.4, -0.2) is 24.1 Å². The van der Waals surface area contributed by atoms with Crippen molar-refractivity contribution in [3.63, 3.8) is 0 Å². The average molecular weight is 656 g/mol. The third kappa shape index (κ3) is 5.15. The van der Waals surface area contributed by atoms with Gasteiger partial charge in [0.15, 0.2) is 11.6 Å². The SMILES string of the molecule is C=Cc1c(/C=C\C)n(-c2nc(-c3ccccc3)nc(-c3ccccc3)n2)c2ccc(-c3ccc4c(c3)c3ccccc3n4-c3ccccc3)cc12. The Hall–Kier alpha value is -6.85. The van der Waals surface area contributed by atoms with E-state index in [0.717, 1.165) is 50.1 Å². The van der Waals surface area contributed by atoms with Crippen molar-refractivity contribution >= 4 is 44.9 Å². The number of rotatable bonds is 7. The van der Waals surface area contributed by atoms with Crippen molar-refractivity contribution in [2.75, 3.05) is 0 Å². The van der Waals surface area contributed by atoms with Gasteiger partial charge in [-0.15, -0.1) is 0 Å². The summed E-state index contributed by atoms with van der Waals surface area (Å²) in [6.45, 7) is 6.29. The van der Waals surface area contributed by atoms with E-state index >= 15 is 0 Å². The first kappa shape index (κ1) is 30.2. The molecule has 0 aliphatic carbocycles. The number of benzene rings is 6. The highest BCUT2D eigenvalue weighted by molar-refractivity contribution is 6.10. The van der Waals surface area contributed by atoms with Crippen LogP contribution in [0.25, 0.3) is 90.4 Å². The summed E-state index contributed by atoms with van der Waals surface area (Å²) in [5.41, 5.74) is 10.6. The van der Waals surface area contributed by atoms with Crippen LogP contribution >= 0.6 is 0 Å². The number of fused-ring (bicyclic) bond motifs is 4. The molecule has 51 heavy (non-hydrogen) atoms. The van der Waals surface area contributed by atoms with Gasteiger partial charge in [-0.2, -0.15) is 9.97 Å². The first-order valence-electron chi connectivity index (χ1n) is 17.1. The van der Waals surface area contributed by atoms with Crippen LogP contribution in [0.2, 0.25) is 0 Å². The van der Waals surface area contributed by atoms with E-state index in [4.69, 9.17) is 15.0 Å². The molecular weight excluding hydrogens is 623 g/mol. The lowest BCUT2D eigenvalue weighted by molar-refractivity contribution is 0.925. The Balaban J connectivity index is 1.25. The zero-order chi connectivity index (χ0) is 34.3. The van der Waals surface area contributed by atoms with Gasteiger partial charge in [-0.3, -0.25) is 4.57 Å². The number of allylic oxidation sites excluding steroid dienone is 1. The van der Waals surface area contributed by atoms with E-state index < -0.39 is 0 Å². The lowest BCUT2D eigenvalue weighted by atomic mass is 10.00. The summed E-state index contributed by atoms with van der Waals surface area (Å²) in [5.74, 6) is 1.79.